The molecule has 0 aromatic heterocycles. The van der Waals surface area contributed by atoms with Gasteiger partial charge in [-0.05, 0) is 57.8 Å². The molecule has 0 amide bonds. The topological polar surface area (TPSA) is 63.6 Å². The average Bonchev–Trinajstić information content (AvgIpc) is 2.86. The monoisotopic (exact) mass is 508 g/mol. The number of hydrogen-bond donors (Lipinski definition) is 1. The van der Waals surface area contributed by atoms with E-state index in [9.17, 15) is 9.59 Å². The number of allylic oxidation sites excluding steroid dienone is 2. The minimum atomic E-state index is -0.678. The summed E-state index contributed by atoms with van der Waals surface area (Å²) in [5.41, 5.74) is 0. The Balaban J connectivity index is 3.47. The molecule has 0 fully saturated rings. The fourth-order valence-corrected chi connectivity index (χ4v) is 4.64. The lowest BCUT2D eigenvalue weighted by molar-refractivity contribution is -0.149. The van der Waals surface area contributed by atoms with Gasteiger partial charge in [-0.1, -0.05) is 116 Å². The van der Waals surface area contributed by atoms with E-state index in [0.717, 1.165) is 51.4 Å². The van der Waals surface area contributed by atoms with Crippen LogP contribution in [-0.2, 0) is 14.3 Å². The number of rotatable bonds is 28. The first-order valence-corrected chi connectivity index (χ1v) is 15.7. The lowest BCUT2D eigenvalue weighted by Crippen LogP contribution is -2.17. The maximum atomic E-state index is 12.2. The van der Waals surface area contributed by atoms with Crippen LogP contribution in [-0.4, -0.2) is 23.1 Å². The highest BCUT2D eigenvalue weighted by molar-refractivity contribution is 5.69. The summed E-state index contributed by atoms with van der Waals surface area (Å²) in [4.78, 5) is 22.7. The molecule has 0 aromatic rings. The van der Waals surface area contributed by atoms with Crippen LogP contribution in [0.3, 0.4) is 0 Å². The number of carboxylic acid groups (broad SMARTS) is 1. The van der Waals surface area contributed by atoms with Gasteiger partial charge < -0.3 is 9.84 Å². The van der Waals surface area contributed by atoms with E-state index in [1.165, 1.54) is 96.3 Å². The van der Waals surface area contributed by atoms with Crippen molar-refractivity contribution in [2.45, 2.75) is 180 Å². The Morgan fingerprint density at radius 3 is 1.56 bits per heavy atom. The summed E-state index contributed by atoms with van der Waals surface area (Å²) in [6.45, 7) is 4.38. The van der Waals surface area contributed by atoms with Gasteiger partial charge in [0.1, 0.15) is 6.10 Å². The van der Waals surface area contributed by atoms with Crippen molar-refractivity contribution < 1.29 is 19.4 Å². The molecule has 1 atom stereocenters. The Morgan fingerprint density at radius 1 is 0.611 bits per heavy atom. The number of unbranched alkanes of at least 4 members (excludes halogenated alkanes) is 18. The van der Waals surface area contributed by atoms with E-state index >= 15 is 0 Å². The van der Waals surface area contributed by atoms with Crippen LogP contribution < -0.4 is 0 Å². The third-order valence-electron chi connectivity index (χ3n) is 7.06. The lowest BCUT2D eigenvalue weighted by Gasteiger charge is -2.16. The summed E-state index contributed by atoms with van der Waals surface area (Å²) < 4.78 is 5.73. The lowest BCUT2D eigenvalue weighted by atomic mass is 10.0. The number of carboxylic acids is 1. The zero-order valence-corrected chi connectivity index (χ0v) is 24.1. The summed E-state index contributed by atoms with van der Waals surface area (Å²) in [5.74, 6) is -0.681. The molecule has 0 aromatic carbocycles. The summed E-state index contributed by atoms with van der Waals surface area (Å²) in [5, 5.41) is 8.63. The number of esters is 1. The Kier molecular flexibility index (Phi) is 27.2. The van der Waals surface area contributed by atoms with E-state index in [-0.39, 0.29) is 12.1 Å². The SMILES string of the molecule is CCCCCC/C=C\CCCCCCCC(=O)OC(CC)CCCCCCCCCCCCC(=O)O. The molecule has 0 saturated heterocycles. The van der Waals surface area contributed by atoms with E-state index in [1.807, 2.05) is 0 Å². The first kappa shape index (κ1) is 34.7. The molecule has 0 bridgehead atoms. The third kappa shape index (κ3) is 27.3. The summed E-state index contributed by atoms with van der Waals surface area (Å²) in [7, 11) is 0. The highest BCUT2D eigenvalue weighted by Gasteiger charge is 2.12. The molecule has 1 N–H and O–H groups in total. The third-order valence-corrected chi connectivity index (χ3v) is 7.06. The molecule has 0 saturated carbocycles. The number of aliphatic carboxylic acids is 1. The molecule has 4 nitrogen and oxygen atoms in total. The second-order valence-corrected chi connectivity index (χ2v) is 10.6. The molecule has 0 aliphatic carbocycles. The van der Waals surface area contributed by atoms with Gasteiger partial charge >= 0.3 is 11.9 Å². The van der Waals surface area contributed by atoms with Crippen LogP contribution >= 0.6 is 0 Å². The van der Waals surface area contributed by atoms with Crippen LogP contribution in [0.2, 0.25) is 0 Å². The van der Waals surface area contributed by atoms with E-state index in [0.29, 0.717) is 12.8 Å². The summed E-state index contributed by atoms with van der Waals surface area (Å²) in [6, 6.07) is 0. The minimum absolute atomic E-state index is 0.00351. The molecule has 0 rings (SSSR count). The summed E-state index contributed by atoms with van der Waals surface area (Å²) >= 11 is 0. The molecule has 212 valence electrons. The summed E-state index contributed by atoms with van der Waals surface area (Å²) in [6.07, 6.45) is 32.9. The number of carbonyl (C=O) groups excluding carboxylic acids is 1. The Morgan fingerprint density at radius 2 is 1.06 bits per heavy atom. The quantitative estimate of drug-likeness (QED) is 0.0648. The molecule has 4 heteroatoms. The largest absolute Gasteiger partial charge is 0.481 e. The number of carbonyl (C=O) groups is 2. The maximum Gasteiger partial charge on any atom is 0.306 e. The zero-order chi connectivity index (χ0) is 26.5. The first-order valence-electron chi connectivity index (χ1n) is 15.7. The van der Waals surface area contributed by atoms with Crippen LogP contribution in [0.4, 0.5) is 0 Å². The average molecular weight is 509 g/mol. The van der Waals surface area contributed by atoms with Gasteiger partial charge in [-0.2, -0.15) is 0 Å². The van der Waals surface area contributed by atoms with Gasteiger partial charge in [-0.15, -0.1) is 0 Å². The van der Waals surface area contributed by atoms with Crippen molar-refractivity contribution in [3.8, 4) is 0 Å². The van der Waals surface area contributed by atoms with Gasteiger partial charge in [0, 0.05) is 12.8 Å². The van der Waals surface area contributed by atoms with Gasteiger partial charge in [-0.3, -0.25) is 9.59 Å². The van der Waals surface area contributed by atoms with E-state index in [4.69, 9.17) is 9.84 Å². The van der Waals surface area contributed by atoms with Crippen LogP contribution in [0.15, 0.2) is 12.2 Å². The van der Waals surface area contributed by atoms with Crippen LogP contribution in [0.1, 0.15) is 174 Å². The second-order valence-electron chi connectivity index (χ2n) is 10.6. The van der Waals surface area contributed by atoms with Gasteiger partial charge in [0.05, 0.1) is 0 Å². The maximum absolute atomic E-state index is 12.2. The van der Waals surface area contributed by atoms with Crippen molar-refractivity contribution in [1.29, 1.82) is 0 Å². The van der Waals surface area contributed by atoms with Crippen molar-refractivity contribution >= 4 is 11.9 Å². The smallest absolute Gasteiger partial charge is 0.306 e. The van der Waals surface area contributed by atoms with Crippen molar-refractivity contribution in [3.05, 3.63) is 12.2 Å². The molecule has 0 aliphatic rings. The van der Waals surface area contributed by atoms with Crippen molar-refractivity contribution in [3.63, 3.8) is 0 Å². The molecule has 36 heavy (non-hydrogen) atoms. The van der Waals surface area contributed by atoms with E-state index in [1.54, 1.807) is 0 Å². The number of hydrogen-bond acceptors (Lipinski definition) is 3. The fourth-order valence-electron chi connectivity index (χ4n) is 4.64. The van der Waals surface area contributed by atoms with E-state index < -0.39 is 5.97 Å². The Bertz CT molecular complexity index is 514. The zero-order valence-electron chi connectivity index (χ0n) is 24.1. The normalized spacial score (nSPS) is 12.3. The second kappa shape index (κ2) is 28.3. The molecular formula is C32H60O4. The molecule has 1 unspecified atom stereocenters. The molecule has 0 heterocycles. The van der Waals surface area contributed by atoms with Gasteiger partial charge in [0.2, 0.25) is 0 Å². The first-order chi connectivity index (χ1) is 17.6. The van der Waals surface area contributed by atoms with Crippen molar-refractivity contribution in [1.82, 2.24) is 0 Å². The minimum Gasteiger partial charge on any atom is -0.481 e. The number of ether oxygens (including phenoxy) is 1. The van der Waals surface area contributed by atoms with Gasteiger partial charge in [0.25, 0.3) is 0 Å². The van der Waals surface area contributed by atoms with Crippen LogP contribution in [0.25, 0.3) is 0 Å². The van der Waals surface area contributed by atoms with Crippen molar-refractivity contribution in [2.75, 3.05) is 0 Å². The highest BCUT2D eigenvalue weighted by atomic mass is 16.5. The van der Waals surface area contributed by atoms with Crippen LogP contribution in [0.5, 0.6) is 0 Å². The predicted molar refractivity (Wildman–Crippen MR) is 153 cm³/mol. The Hall–Kier alpha value is -1.32. The van der Waals surface area contributed by atoms with Gasteiger partial charge in [0.15, 0.2) is 0 Å². The molecule has 0 spiro atoms. The Labute approximate surface area is 224 Å². The van der Waals surface area contributed by atoms with Gasteiger partial charge in [-0.25, -0.2) is 0 Å². The van der Waals surface area contributed by atoms with Crippen LogP contribution in [0, 0.1) is 0 Å². The molecular weight excluding hydrogens is 448 g/mol. The molecule has 0 radical (unpaired) electrons. The standard InChI is InChI=1S/C32H60O4/c1-3-5-6-7-8-9-10-11-12-17-20-23-26-29-32(35)36-30(4-2)27-24-21-18-15-13-14-16-19-22-25-28-31(33)34/h9-10,30H,3-8,11-29H2,1-2H3,(H,33,34)/b10-9-. The molecule has 0 aliphatic heterocycles. The highest BCUT2D eigenvalue weighted by Crippen LogP contribution is 2.16. The van der Waals surface area contributed by atoms with E-state index in [2.05, 4.69) is 26.0 Å². The fraction of sp³-hybridized carbons (Fsp3) is 0.875. The van der Waals surface area contributed by atoms with Crippen molar-refractivity contribution in [2.24, 2.45) is 0 Å². The predicted octanol–water partition coefficient (Wildman–Crippen LogP) is 10.3.